The minimum absolute atomic E-state index is 0.0192. The van der Waals surface area contributed by atoms with Gasteiger partial charge in [0.15, 0.2) is 0 Å². The highest BCUT2D eigenvalue weighted by molar-refractivity contribution is 5.91. The summed E-state index contributed by atoms with van der Waals surface area (Å²) in [5.74, 6) is -0.243. The van der Waals surface area contributed by atoms with Crippen LogP contribution in [0.4, 0.5) is 5.69 Å². The Morgan fingerprint density at radius 3 is 2.36 bits per heavy atom. The van der Waals surface area contributed by atoms with E-state index < -0.39 is 0 Å². The van der Waals surface area contributed by atoms with Crippen LogP contribution in [0.15, 0.2) is 53.6 Å². The van der Waals surface area contributed by atoms with Gasteiger partial charge >= 0.3 is 5.69 Å². The number of aryl methyl sites for hydroxylation is 1. The predicted molar refractivity (Wildman–Crippen MR) is 84.7 cm³/mol. The van der Waals surface area contributed by atoms with Crippen LogP contribution >= 0.6 is 0 Å². The number of para-hydroxylation sites is 2. The van der Waals surface area contributed by atoms with Crippen LogP contribution in [-0.4, -0.2) is 20.0 Å². The highest BCUT2D eigenvalue weighted by Gasteiger charge is 2.14. The van der Waals surface area contributed by atoms with Crippen molar-refractivity contribution in [1.29, 1.82) is 0 Å². The molecule has 0 saturated heterocycles. The molecule has 0 aliphatic carbocycles. The first-order valence-electron chi connectivity index (χ1n) is 7.08. The Labute approximate surface area is 127 Å². The molecule has 1 aromatic carbocycles. The van der Waals surface area contributed by atoms with Gasteiger partial charge in [-0.2, -0.15) is 0 Å². The minimum Gasteiger partial charge on any atom is -0.324 e. The van der Waals surface area contributed by atoms with E-state index in [2.05, 4.69) is 10.3 Å². The van der Waals surface area contributed by atoms with Gasteiger partial charge in [0.2, 0.25) is 5.91 Å². The Kier molecular flexibility index (Phi) is 3.74. The summed E-state index contributed by atoms with van der Waals surface area (Å²) in [5, 5.41) is 2.76. The zero-order valence-electron chi connectivity index (χ0n) is 12.2. The van der Waals surface area contributed by atoms with Crippen molar-refractivity contribution in [2.45, 2.75) is 20.0 Å². The smallest absolute Gasteiger partial charge is 0.324 e. The number of anilines is 1. The minimum atomic E-state index is -0.243. The first-order valence-corrected chi connectivity index (χ1v) is 7.08. The van der Waals surface area contributed by atoms with E-state index in [1.807, 2.05) is 31.2 Å². The molecule has 2 aromatic heterocycles. The molecule has 1 amide bonds. The molecule has 3 rings (SSSR count). The maximum absolute atomic E-state index is 12.4. The molecule has 0 fully saturated rings. The van der Waals surface area contributed by atoms with Gasteiger partial charge in [0.25, 0.3) is 0 Å². The van der Waals surface area contributed by atoms with Gasteiger partial charge < -0.3 is 5.32 Å². The molecule has 0 unspecified atom stereocenters. The van der Waals surface area contributed by atoms with Crippen molar-refractivity contribution in [1.82, 2.24) is 14.1 Å². The molecule has 22 heavy (non-hydrogen) atoms. The molecule has 0 spiro atoms. The molecule has 0 aliphatic heterocycles. The number of benzene rings is 1. The molecule has 0 aliphatic rings. The fourth-order valence-electron chi connectivity index (χ4n) is 2.51. The van der Waals surface area contributed by atoms with Crippen LogP contribution in [0.1, 0.15) is 6.92 Å². The van der Waals surface area contributed by atoms with Crippen LogP contribution < -0.4 is 11.0 Å². The average Bonchev–Trinajstić information content (AvgIpc) is 2.80. The van der Waals surface area contributed by atoms with Crippen molar-refractivity contribution >= 4 is 22.6 Å². The van der Waals surface area contributed by atoms with E-state index >= 15 is 0 Å². The first kappa shape index (κ1) is 14.1. The standard InChI is InChI=1S/C16H16N4O2/c1-2-19-13-5-3-4-6-14(13)20(16(19)22)11-15(21)18-12-7-9-17-10-8-12/h3-10H,2,11H2,1H3,(H,17,18,21). The molecule has 1 N–H and O–H groups in total. The lowest BCUT2D eigenvalue weighted by molar-refractivity contribution is -0.116. The normalized spacial score (nSPS) is 10.8. The van der Waals surface area contributed by atoms with E-state index in [1.165, 1.54) is 4.57 Å². The van der Waals surface area contributed by atoms with E-state index in [0.29, 0.717) is 12.2 Å². The van der Waals surface area contributed by atoms with Gasteiger partial charge in [-0.15, -0.1) is 0 Å². The lowest BCUT2D eigenvalue weighted by atomic mass is 10.3. The second-order valence-corrected chi connectivity index (χ2v) is 4.89. The third-order valence-electron chi connectivity index (χ3n) is 3.51. The second-order valence-electron chi connectivity index (χ2n) is 4.89. The Morgan fingerprint density at radius 1 is 1.09 bits per heavy atom. The van der Waals surface area contributed by atoms with Gasteiger partial charge in [-0.25, -0.2) is 4.79 Å². The molecule has 0 bridgehead atoms. The van der Waals surface area contributed by atoms with Crippen molar-refractivity contribution in [2.24, 2.45) is 0 Å². The molecule has 112 valence electrons. The molecule has 0 radical (unpaired) electrons. The van der Waals surface area contributed by atoms with Crippen LogP contribution in [0.5, 0.6) is 0 Å². The van der Waals surface area contributed by atoms with Crippen LogP contribution in [0.3, 0.4) is 0 Å². The van der Waals surface area contributed by atoms with Gasteiger partial charge in [0.1, 0.15) is 6.54 Å². The number of rotatable bonds is 4. The van der Waals surface area contributed by atoms with Gasteiger partial charge in [0, 0.05) is 24.6 Å². The monoisotopic (exact) mass is 296 g/mol. The number of hydrogen-bond donors (Lipinski definition) is 1. The molecule has 6 nitrogen and oxygen atoms in total. The molecular weight excluding hydrogens is 280 g/mol. The maximum Gasteiger partial charge on any atom is 0.329 e. The molecule has 3 aromatic rings. The lowest BCUT2D eigenvalue weighted by Gasteiger charge is -2.05. The van der Waals surface area contributed by atoms with Crippen LogP contribution in [-0.2, 0) is 17.9 Å². The van der Waals surface area contributed by atoms with Crippen molar-refractivity contribution in [3.8, 4) is 0 Å². The largest absolute Gasteiger partial charge is 0.329 e. The summed E-state index contributed by atoms with van der Waals surface area (Å²) >= 11 is 0. The fourth-order valence-corrected chi connectivity index (χ4v) is 2.51. The van der Waals surface area contributed by atoms with Gasteiger partial charge in [0.05, 0.1) is 11.0 Å². The van der Waals surface area contributed by atoms with E-state index in [1.54, 1.807) is 29.1 Å². The SMILES string of the molecule is CCn1c(=O)n(CC(=O)Nc2ccncc2)c2ccccc21. The van der Waals surface area contributed by atoms with Gasteiger partial charge in [-0.05, 0) is 31.2 Å². The summed E-state index contributed by atoms with van der Waals surface area (Å²) < 4.78 is 3.16. The Morgan fingerprint density at radius 2 is 1.73 bits per heavy atom. The van der Waals surface area contributed by atoms with E-state index in [-0.39, 0.29) is 18.1 Å². The lowest BCUT2D eigenvalue weighted by Crippen LogP contribution is -2.29. The molecular formula is C16H16N4O2. The maximum atomic E-state index is 12.4. The van der Waals surface area contributed by atoms with Crippen molar-refractivity contribution in [3.05, 3.63) is 59.3 Å². The molecule has 0 saturated carbocycles. The van der Waals surface area contributed by atoms with Gasteiger partial charge in [-0.1, -0.05) is 12.1 Å². The van der Waals surface area contributed by atoms with Crippen molar-refractivity contribution in [3.63, 3.8) is 0 Å². The Balaban J connectivity index is 1.92. The first-order chi connectivity index (χ1) is 10.7. The highest BCUT2D eigenvalue weighted by atomic mass is 16.2. The number of nitrogens with zero attached hydrogens (tertiary/aromatic N) is 3. The Bertz CT molecular complexity index is 865. The molecule has 2 heterocycles. The number of pyridine rings is 1. The number of aromatic nitrogens is 3. The summed E-state index contributed by atoms with van der Waals surface area (Å²) in [6.45, 7) is 2.46. The number of fused-ring (bicyclic) bond motifs is 1. The zero-order chi connectivity index (χ0) is 15.5. The van der Waals surface area contributed by atoms with E-state index in [9.17, 15) is 9.59 Å². The highest BCUT2D eigenvalue weighted by Crippen LogP contribution is 2.13. The van der Waals surface area contributed by atoms with Crippen LogP contribution in [0, 0.1) is 0 Å². The van der Waals surface area contributed by atoms with Gasteiger partial charge in [-0.3, -0.25) is 18.9 Å². The Hall–Kier alpha value is -2.89. The summed E-state index contributed by atoms with van der Waals surface area (Å²) in [4.78, 5) is 28.5. The summed E-state index contributed by atoms with van der Waals surface area (Å²) in [6, 6.07) is 10.9. The third kappa shape index (κ3) is 2.50. The average molecular weight is 296 g/mol. The molecule has 0 atom stereocenters. The summed E-state index contributed by atoms with van der Waals surface area (Å²) in [6.07, 6.45) is 3.20. The van der Waals surface area contributed by atoms with E-state index in [0.717, 1.165) is 11.0 Å². The number of amides is 1. The van der Waals surface area contributed by atoms with Crippen LogP contribution in [0.2, 0.25) is 0 Å². The quantitative estimate of drug-likeness (QED) is 0.799. The summed E-state index contributed by atoms with van der Waals surface area (Å²) in [5.41, 5.74) is 2.09. The number of nitrogens with one attached hydrogen (secondary N) is 1. The number of imidazole rings is 1. The number of carbonyl (C=O) groups is 1. The topological polar surface area (TPSA) is 68.9 Å². The number of hydrogen-bond acceptors (Lipinski definition) is 3. The van der Waals surface area contributed by atoms with Crippen molar-refractivity contribution < 1.29 is 4.79 Å². The number of carbonyl (C=O) groups excluding carboxylic acids is 1. The van der Waals surface area contributed by atoms with Crippen molar-refractivity contribution in [2.75, 3.05) is 5.32 Å². The third-order valence-corrected chi connectivity index (χ3v) is 3.51. The summed E-state index contributed by atoms with van der Waals surface area (Å²) in [7, 11) is 0. The predicted octanol–water partition coefficient (Wildman–Crippen LogP) is 1.86. The zero-order valence-corrected chi connectivity index (χ0v) is 12.2. The second kappa shape index (κ2) is 5.85. The fraction of sp³-hybridized carbons (Fsp3) is 0.188. The van der Waals surface area contributed by atoms with E-state index in [4.69, 9.17) is 0 Å². The van der Waals surface area contributed by atoms with Crippen LogP contribution in [0.25, 0.3) is 11.0 Å². The molecule has 6 heteroatoms.